The molecule has 3 N–H and O–H groups in total. The Kier molecular flexibility index (Phi) is 3.70. The highest BCUT2D eigenvalue weighted by Gasteiger charge is 2.25. The number of aliphatic hydroxyl groups is 2. The third kappa shape index (κ3) is 2.41. The molecule has 0 heterocycles. The van der Waals surface area contributed by atoms with Crippen LogP contribution in [0.5, 0.6) is 0 Å². The van der Waals surface area contributed by atoms with Gasteiger partial charge in [0, 0.05) is 0 Å². The zero-order valence-electron chi connectivity index (χ0n) is 8.00. The first kappa shape index (κ1) is 12.3. The molecule has 2 unspecified atom stereocenters. The molecule has 0 amide bonds. The molecular weight excluding hydrogens is 219 g/mol. The Morgan fingerprint density at radius 3 is 2.44 bits per heavy atom. The number of aliphatic carboxylic acids is 1. The number of carbonyl (C=O) groups is 2. The Balaban J connectivity index is 3.01. The molecule has 0 saturated heterocycles. The predicted molar refractivity (Wildman–Crippen MR) is 50.4 cm³/mol. The third-order valence-electron chi connectivity index (χ3n) is 2.05. The summed E-state index contributed by atoms with van der Waals surface area (Å²) in [5.41, 5.74) is -0.321. The number of carboxylic acids is 1. The van der Waals surface area contributed by atoms with Crippen LogP contribution in [0.3, 0.4) is 0 Å². The van der Waals surface area contributed by atoms with Gasteiger partial charge in [-0.15, -0.1) is 0 Å². The van der Waals surface area contributed by atoms with E-state index in [1.807, 2.05) is 0 Å². The molecule has 0 aliphatic rings. The molecule has 0 fully saturated rings. The van der Waals surface area contributed by atoms with Gasteiger partial charge < -0.3 is 15.3 Å². The highest BCUT2D eigenvalue weighted by molar-refractivity contribution is 5.75. The molecule has 0 spiro atoms. The lowest BCUT2D eigenvalue weighted by Gasteiger charge is -2.14. The Hall–Kier alpha value is -1.79. The maximum atomic E-state index is 13.1. The Morgan fingerprint density at radius 2 is 2.00 bits per heavy atom. The SMILES string of the molecule is O=Cc1ccc(C(O)C(O)C(=O)O)cc1F. The molecule has 0 aromatic heterocycles. The van der Waals surface area contributed by atoms with E-state index in [1.54, 1.807) is 0 Å². The van der Waals surface area contributed by atoms with Crippen molar-refractivity contribution in [2.75, 3.05) is 0 Å². The van der Waals surface area contributed by atoms with Gasteiger partial charge in [0.05, 0.1) is 5.56 Å². The van der Waals surface area contributed by atoms with Crippen molar-refractivity contribution in [3.63, 3.8) is 0 Å². The molecule has 1 rings (SSSR count). The molecule has 16 heavy (non-hydrogen) atoms. The van der Waals surface area contributed by atoms with Crippen LogP contribution in [0.2, 0.25) is 0 Å². The summed E-state index contributed by atoms with van der Waals surface area (Å²) < 4.78 is 13.1. The van der Waals surface area contributed by atoms with Crippen LogP contribution in [0.4, 0.5) is 4.39 Å². The summed E-state index contributed by atoms with van der Waals surface area (Å²) in [6, 6.07) is 3.07. The minimum absolute atomic E-state index is 0.113. The van der Waals surface area contributed by atoms with E-state index in [0.717, 1.165) is 12.1 Å². The number of halogens is 1. The third-order valence-corrected chi connectivity index (χ3v) is 2.05. The average molecular weight is 228 g/mol. The summed E-state index contributed by atoms with van der Waals surface area (Å²) in [5, 5.41) is 26.8. The summed E-state index contributed by atoms with van der Waals surface area (Å²) in [6.45, 7) is 0. The van der Waals surface area contributed by atoms with Gasteiger partial charge in [-0.25, -0.2) is 9.18 Å². The van der Waals surface area contributed by atoms with Crippen molar-refractivity contribution in [1.29, 1.82) is 0 Å². The number of aliphatic hydroxyl groups excluding tert-OH is 2. The van der Waals surface area contributed by atoms with Crippen LogP contribution >= 0.6 is 0 Å². The molecule has 0 radical (unpaired) electrons. The van der Waals surface area contributed by atoms with E-state index in [-0.39, 0.29) is 11.1 Å². The van der Waals surface area contributed by atoms with E-state index in [0.29, 0.717) is 6.29 Å². The predicted octanol–water partition coefficient (Wildman–Crippen LogP) is 0.117. The fourth-order valence-corrected chi connectivity index (χ4v) is 1.14. The molecule has 0 saturated carbocycles. The Morgan fingerprint density at radius 1 is 1.38 bits per heavy atom. The first-order valence-electron chi connectivity index (χ1n) is 4.31. The quantitative estimate of drug-likeness (QED) is 0.636. The summed E-state index contributed by atoms with van der Waals surface area (Å²) in [5.74, 6) is -2.50. The van der Waals surface area contributed by atoms with Crippen LogP contribution in [0.1, 0.15) is 22.0 Å². The van der Waals surface area contributed by atoms with E-state index in [9.17, 15) is 19.1 Å². The molecule has 0 bridgehead atoms. The summed E-state index contributed by atoms with van der Waals surface area (Å²) in [6.07, 6.45) is -3.49. The summed E-state index contributed by atoms with van der Waals surface area (Å²) in [4.78, 5) is 20.7. The standard InChI is InChI=1S/C10H9FO5/c11-7-3-5(1-2-6(7)4-12)8(13)9(14)10(15)16/h1-4,8-9,13-14H,(H,15,16). The van der Waals surface area contributed by atoms with Crippen LogP contribution in [-0.2, 0) is 4.79 Å². The highest BCUT2D eigenvalue weighted by Crippen LogP contribution is 2.19. The molecule has 5 nitrogen and oxygen atoms in total. The van der Waals surface area contributed by atoms with E-state index in [1.165, 1.54) is 6.07 Å². The first-order valence-corrected chi connectivity index (χ1v) is 4.31. The number of benzene rings is 1. The zero-order chi connectivity index (χ0) is 12.3. The van der Waals surface area contributed by atoms with Gasteiger partial charge in [-0.3, -0.25) is 4.79 Å². The summed E-state index contributed by atoms with van der Waals surface area (Å²) >= 11 is 0. The number of hydrogen-bond donors (Lipinski definition) is 3. The zero-order valence-corrected chi connectivity index (χ0v) is 8.00. The van der Waals surface area contributed by atoms with Gasteiger partial charge in [0.15, 0.2) is 12.4 Å². The van der Waals surface area contributed by atoms with Crippen molar-refractivity contribution in [2.24, 2.45) is 0 Å². The smallest absolute Gasteiger partial charge is 0.335 e. The number of carboxylic acid groups (broad SMARTS) is 1. The lowest BCUT2D eigenvalue weighted by Crippen LogP contribution is -2.27. The van der Waals surface area contributed by atoms with Gasteiger partial charge in [-0.2, -0.15) is 0 Å². The second-order valence-corrected chi connectivity index (χ2v) is 3.13. The molecule has 0 aliphatic heterocycles. The van der Waals surface area contributed by atoms with Gasteiger partial charge in [-0.05, 0) is 17.7 Å². The monoisotopic (exact) mass is 228 g/mol. The number of carbonyl (C=O) groups excluding carboxylic acids is 1. The minimum Gasteiger partial charge on any atom is -0.479 e. The van der Waals surface area contributed by atoms with Gasteiger partial charge >= 0.3 is 5.97 Å². The lowest BCUT2D eigenvalue weighted by atomic mass is 10.0. The van der Waals surface area contributed by atoms with Crippen LogP contribution in [0, 0.1) is 5.82 Å². The molecule has 0 aliphatic carbocycles. The molecule has 86 valence electrons. The van der Waals surface area contributed by atoms with Crippen molar-refractivity contribution in [2.45, 2.75) is 12.2 Å². The van der Waals surface area contributed by atoms with Gasteiger partial charge in [0.25, 0.3) is 0 Å². The lowest BCUT2D eigenvalue weighted by molar-refractivity contribution is -0.153. The van der Waals surface area contributed by atoms with Crippen LogP contribution in [-0.4, -0.2) is 33.7 Å². The van der Waals surface area contributed by atoms with Crippen LogP contribution < -0.4 is 0 Å². The van der Waals surface area contributed by atoms with Crippen molar-refractivity contribution >= 4 is 12.3 Å². The maximum absolute atomic E-state index is 13.1. The fourth-order valence-electron chi connectivity index (χ4n) is 1.14. The average Bonchev–Trinajstić information content (AvgIpc) is 2.26. The van der Waals surface area contributed by atoms with E-state index in [2.05, 4.69) is 0 Å². The molecule has 1 aromatic carbocycles. The number of hydrogen-bond acceptors (Lipinski definition) is 4. The van der Waals surface area contributed by atoms with E-state index >= 15 is 0 Å². The largest absolute Gasteiger partial charge is 0.479 e. The van der Waals surface area contributed by atoms with Gasteiger partial charge in [-0.1, -0.05) is 6.07 Å². The topological polar surface area (TPSA) is 94.8 Å². The summed E-state index contributed by atoms with van der Waals surface area (Å²) in [7, 11) is 0. The second-order valence-electron chi connectivity index (χ2n) is 3.13. The van der Waals surface area contributed by atoms with Crippen LogP contribution in [0.15, 0.2) is 18.2 Å². The van der Waals surface area contributed by atoms with Crippen LogP contribution in [0.25, 0.3) is 0 Å². The van der Waals surface area contributed by atoms with Crippen molar-refractivity contribution < 1.29 is 29.3 Å². The normalized spacial score (nSPS) is 14.2. The van der Waals surface area contributed by atoms with Gasteiger partial charge in [0.1, 0.15) is 11.9 Å². The number of aldehydes is 1. The van der Waals surface area contributed by atoms with E-state index in [4.69, 9.17) is 10.2 Å². The van der Waals surface area contributed by atoms with Crippen molar-refractivity contribution in [1.82, 2.24) is 0 Å². The van der Waals surface area contributed by atoms with Crippen molar-refractivity contribution in [3.8, 4) is 0 Å². The molecule has 2 atom stereocenters. The maximum Gasteiger partial charge on any atom is 0.335 e. The fraction of sp³-hybridized carbons (Fsp3) is 0.200. The Bertz CT molecular complexity index is 418. The Labute approximate surface area is 89.8 Å². The molecule has 6 heteroatoms. The minimum atomic E-state index is -2.04. The molecular formula is C10H9FO5. The molecule has 1 aromatic rings. The first-order chi connectivity index (χ1) is 7.47. The number of rotatable bonds is 4. The highest BCUT2D eigenvalue weighted by atomic mass is 19.1. The van der Waals surface area contributed by atoms with Crippen molar-refractivity contribution in [3.05, 3.63) is 35.1 Å². The second kappa shape index (κ2) is 4.82. The van der Waals surface area contributed by atoms with Gasteiger partial charge in [0.2, 0.25) is 0 Å². The van der Waals surface area contributed by atoms with E-state index < -0.39 is 24.0 Å².